The molecule has 9 aromatic carbocycles. The molecule has 65 heavy (non-hydrogen) atoms. The third kappa shape index (κ3) is 7.14. The van der Waals surface area contributed by atoms with Gasteiger partial charge >= 0.3 is 0 Å². The Morgan fingerprint density at radius 3 is 1.06 bits per heavy atom. The molecule has 3 nitrogen and oxygen atoms in total. The van der Waals surface area contributed by atoms with Gasteiger partial charge in [-0.3, -0.25) is 0 Å². The molecule has 0 spiro atoms. The molecule has 0 aromatic heterocycles. The Labute approximate surface area is 381 Å². The van der Waals surface area contributed by atoms with Crippen LogP contribution in [0.2, 0.25) is 0 Å². The van der Waals surface area contributed by atoms with Crippen LogP contribution < -0.4 is 14.7 Å². The van der Waals surface area contributed by atoms with E-state index in [0.29, 0.717) is 0 Å². The van der Waals surface area contributed by atoms with Gasteiger partial charge in [-0.2, -0.15) is 0 Å². The predicted molar refractivity (Wildman–Crippen MR) is 275 cm³/mol. The molecular formula is C62H47N3. The molecule has 0 bridgehead atoms. The van der Waals surface area contributed by atoms with Crippen LogP contribution in [-0.2, 0) is 5.54 Å². The quantitative estimate of drug-likeness (QED) is 0.127. The van der Waals surface area contributed by atoms with Gasteiger partial charge in [0.1, 0.15) is 5.54 Å². The molecule has 0 atom stereocenters. The first-order chi connectivity index (χ1) is 32.2. The first kappa shape index (κ1) is 39.4. The molecule has 2 aliphatic rings. The van der Waals surface area contributed by atoms with E-state index in [4.69, 9.17) is 0 Å². The lowest BCUT2D eigenvalue weighted by atomic mass is 9.81. The second-order valence-corrected chi connectivity index (χ2v) is 16.6. The molecule has 2 aliphatic carbocycles. The molecule has 0 N–H and O–H groups in total. The zero-order valence-electron chi connectivity index (χ0n) is 36.0. The number of nitrogens with zero attached hydrogens (tertiary/aromatic N) is 3. The van der Waals surface area contributed by atoms with Gasteiger partial charge in [-0.05, 0) is 112 Å². The van der Waals surface area contributed by atoms with E-state index in [9.17, 15) is 0 Å². The zero-order chi connectivity index (χ0) is 43.5. The Morgan fingerprint density at radius 2 is 0.600 bits per heavy atom. The van der Waals surface area contributed by atoms with Gasteiger partial charge in [0.25, 0.3) is 0 Å². The van der Waals surface area contributed by atoms with Gasteiger partial charge in [-0.15, -0.1) is 0 Å². The Kier molecular flexibility index (Phi) is 10.3. The van der Waals surface area contributed by atoms with Crippen LogP contribution in [0.25, 0.3) is 21.5 Å². The zero-order valence-corrected chi connectivity index (χ0v) is 36.0. The maximum absolute atomic E-state index is 2.50. The van der Waals surface area contributed by atoms with E-state index >= 15 is 0 Å². The van der Waals surface area contributed by atoms with Gasteiger partial charge in [-0.25, -0.2) is 0 Å². The van der Waals surface area contributed by atoms with Crippen molar-refractivity contribution in [2.24, 2.45) is 0 Å². The molecule has 0 unspecified atom stereocenters. The predicted octanol–water partition coefficient (Wildman–Crippen LogP) is 15.9. The van der Waals surface area contributed by atoms with Crippen molar-refractivity contribution in [3.63, 3.8) is 0 Å². The van der Waals surface area contributed by atoms with E-state index < -0.39 is 11.2 Å². The highest BCUT2D eigenvalue weighted by Gasteiger charge is 2.43. The smallest absolute Gasteiger partial charge is 0.161 e. The summed E-state index contributed by atoms with van der Waals surface area (Å²) >= 11 is 0. The summed E-state index contributed by atoms with van der Waals surface area (Å²) in [7, 11) is 0. The molecular weight excluding hydrogens is 787 g/mol. The molecule has 0 amide bonds. The number of anilines is 6. The summed E-state index contributed by atoms with van der Waals surface area (Å²) in [5, 5.41) is 4.76. The summed E-state index contributed by atoms with van der Waals surface area (Å²) in [5.74, 6) is 0. The number of fused-ring (bicyclic) bond motifs is 2. The van der Waals surface area contributed by atoms with Crippen LogP contribution in [0, 0.1) is 0 Å². The lowest BCUT2D eigenvalue weighted by Gasteiger charge is -2.51. The number of hydrogen-bond acceptors (Lipinski definition) is 3. The third-order valence-corrected chi connectivity index (χ3v) is 12.8. The fourth-order valence-corrected chi connectivity index (χ4v) is 9.81. The summed E-state index contributed by atoms with van der Waals surface area (Å²) < 4.78 is 0. The summed E-state index contributed by atoms with van der Waals surface area (Å²) in [6.07, 6.45) is 18.8. The van der Waals surface area contributed by atoms with Crippen LogP contribution in [-0.4, -0.2) is 5.66 Å². The molecule has 0 heterocycles. The van der Waals surface area contributed by atoms with Crippen LogP contribution in [0.4, 0.5) is 34.1 Å². The van der Waals surface area contributed by atoms with Crippen molar-refractivity contribution < 1.29 is 0 Å². The van der Waals surface area contributed by atoms with E-state index in [2.05, 4.69) is 300 Å². The standard InChI is InChI=1S/C62H47N3/c1-6-26-52(27-7-1)61(64(55-32-12-4-13-33-55)59-38-20-24-50-22-16-18-36-57(50)59)44-40-48(41-45-61)49-42-46-62(47-43-49,63(53-28-8-2-9-29-53)54-30-10-3-11-31-54)65(56-34-14-5-15-35-56)60-39-21-25-51-23-17-19-37-58(51)60/h1-47H. The lowest BCUT2D eigenvalue weighted by molar-refractivity contribution is 0.636. The largest absolute Gasteiger partial charge is 0.324 e. The maximum atomic E-state index is 2.50. The summed E-state index contributed by atoms with van der Waals surface area (Å²) in [5.41, 5.74) is 8.53. The topological polar surface area (TPSA) is 9.72 Å². The fourth-order valence-electron chi connectivity index (χ4n) is 9.81. The maximum Gasteiger partial charge on any atom is 0.161 e. The molecule has 0 aliphatic heterocycles. The lowest BCUT2D eigenvalue weighted by Crippen LogP contribution is -2.56. The fraction of sp³-hybridized carbons (Fsp3) is 0.0323. The third-order valence-electron chi connectivity index (χ3n) is 12.8. The SMILES string of the molecule is C1=CC(c2ccccc2)(N(c2ccccc2)c2cccc3ccccc23)C=CC1=C1C=CC(N(c2ccccc2)c2ccccc2)(N(c2ccccc2)c2cccc3ccccc23)C=C1. The van der Waals surface area contributed by atoms with Crippen LogP contribution in [0.5, 0.6) is 0 Å². The van der Waals surface area contributed by atoms with Crippen molar-refractivity contribution in [1.82, 2.24) is 0 Å². The molecule has 3 heteroatoms. The van der Waals surface area contributed by atoms with E-state index in [1.54, 1.807) is 0 Å². The van der Waals surface area contributed by atoms with Crippen molar-refractivity contribution in [3.05, 3.63) is 302 Å². The van der Waals surface area contributed by atoms with Gasteiger partial charge in [0.2, 0.25) is 0 Å². The molecule has 11 rings (SSSR count). The highest BCUT2D eigenvalue weighted by molar-refractivity contribution is 5.99. The monoisotopic (exact) mass is 833 g/mol. The van der Waals surface area contributed by atoms with Crippen molar-refractivity contribution in [3.8, 4) is 0 Å². The highest BCUT2D eigenvalue weighted by Crippen LogP contribution is 2.49. The van der Waals surface area contributed by atoms with Crippen LogP contribution in [0.15, 0.2) is 296 Å². The normalized spacial score (nSPS) is 17.7. The van der Waals surface area contributed by atoms with Gasteiger partial charge < -0.3 is 14.7 Å². The van der Waals surface area contributed by atoms with E-state index in [1.807, 2.05) is 0 Å². The van der Waals surface area contributed by atoms with Gasteiger partial charge in [0.05, 0.1) is 11.4 Å². The van der Waals surface area contributed by atoms with Gasteiger partial charge in [0, 0.05) is 33.5 Å². The molecule has 9 aromatic rings. The Bertz CT molecular complexity index is 3180. The first-order valence-corrected chi connectivity index (χ1v) is 22.4. The Morgan fingerprint density at radius 1 is 0.262 bits per heavy atom. The highest BCUT2D eigenvalue weighted by atomic mass is 15.4. The second-order valence-electron chi connectivity index (χ2n) is 16.6. The van der Waals surface area contributed by atoms with Crippen molar-refractivity contribution in [1.29, 1.82) is 0 Å². The Hall–Kier alpha value is -8.40. The number of allylic oxidation sites excluding steroid dienone is 6. The van der Waals surface area contributed by atoms with Crippen LogP contribution >= 0.6 is 0 Å². The number of para-hydroxylation sites is 4. The minimum Gasteiger partial charge on any atom is -0.324 e. The average Bonchev–Trinajstić information content (AvgIpc) is 3.39. The first-order valence-electron chi connectivity index (χ1n) is 22.4. The van der Waals surface area contributed by atoms with E-state index in [-0.39, 0.29) is 0 Å². The molecule has 0 saturated heterocycles. The summed E-state index contributed by atoms with van der Waals surface area (Å²) in [6.45, 7) is 0. The Balaban J connectivity index is 1.11. The van der Waals surface area contributed by atoms with Crippen molar-refractivity contribution in [2.45, 2.75) is 11.2 Å². The number of benzene rings is 9. The van der Waals surface area contributed by atoms with Crippen molar-refractivity contribution >= 4 is 55.7 Å². The average molecular weight is 834 g/mol. The van der Waals surface area contributed by atoms with Gasteiger partial charge in [0.15, 0.2) is 5.66 Å². The second kappa shape index (κ2) is 17.0. The summed E-state index contributed by atoms with van der Waals surface area (Å²) in [4.78, 5) is 7.46. The number of hydrogen-bond donors (Lipinski definition) is 0. The molecule has 0 radical (unpaired) electrons. The van der Waals surface area contributed by atoms with E-state index in [1.165, 1.54) is 27.1 Å². The molecule has 0 fully saturated rings. The van der Waals surface area contributed by atoms with Crippen molar-refractivity contribution in [2.75, 3.05) is 14.7 Å². The molecule has 310 valence electrons. The summed E-state index contributed by atoms with van der Waals surface area (Å²) in [6, 6.07) is 84.6. The van der Waals surface area contributed by atoms with Crippen LogP contribution in [0.3, 0.4) is 0 Å². The van der Waals surface area contributed by atoms with Crippen LogP contribution in [0.1, 0.15) is 5.56 Å². The molecule has 0 saturated carbocycles. The minimum atomic E-state index is -0.841. The van der Waals surface area contributed by atoms with Gasteiger partial charge in [-0.1, -0.05) is 200 Å². The number of rotatable bonds is 10. The minimum absolute atomic E-state index is 0.640. The van der Waals surface area contributed by atoms with E-state index in [0.717, 1.165) is 45.3 Å².